The molecular formula is C22H32N5O4P. The number of imidazole rings is 1. The van der Waals surface area contributed by atoms with Crippen molar-refractivity contribution in [2.45, 2.75) is 52.2 Å². The molecule has 0 saturated carbocycles. The number of hydrogen-bond acceptors (Lipinski definition) is 8. The Kier molecular flexibility index (Phi) is 9.02. The summed E-state index contributed by atoms with van der Waals surface area (Å²) >= 11 is 0. The van der Waals surface area contributed by atoms with Gasteiger partial charge in [-0.05, 0) is 44.4 Å². The number of aromatic nitrogens is 4. The molecule has 3 rings (SSSR count). The highest BCUT2D eigenvalue weighted by Crippen LogP contribution is 2.51. The van der Waals surface area contributed by atoms with E-state index in [4.69, 9.17) is 19.5 Å². The van der Waals surface area contributed by atoms with E-state index in [1.807, 2.05) is 42.7 Å². The monoisotopic (exact) mass is 461 g/mol. The SMILES string of the molecule is CCOP(=O)(Cc1cccc(OCCCCCCn2cnc3c(N)ncnc32)c1)OCC. The van der Waals surface area contributed by atoms with Crippen LogP contribution in [0.1, 0.15) is 45.1 Å². The van der Waals surface area contributed by atoms with Crippen LogP contribution in [0.2, 0.25) is 0 Å². The van der Waals surface area contributed by atoms with Crippen LogP contribution in [0.5, 0.6) is 5.75 Å². The Hall–Kier alpha value is -2.48. The van der Waals surface area contributed by atoms with Crippen LogP contribution in [0, 0.1) is 0 Å². The molecule has 10 heteroatoms. The van der Waals surface area contributed by atoms with E-state index < -0.39 is 7.60 Å². The van der Waals surface area contributed by atoms with E-state index in [9.17, 15) is 4.57 Å². The fourth-order valence-corrected chi connectivity index (χ4v) is 5.16. The summed E-state index contributed by atoms with van der Waals surface area (Å²) in [5.74, 6) is 1.18. The number of rotatable bonds is 14. The Bertz CT molecular complexity index is 1030. The van der Waals surface area contributed by atoms with Gasteiger partial charge in [0.2, 0.25) is 0 Å². The number of ether oxygens (including phenoxy) is 1. The number of anilines is 1. The second-order valence-corrected chi connectivity index (χ2v) is 9.44. The average Bonchev–Trinajstić information content (AvgIpc) is 3.18. The molecule has 0 aliphatic heterocycles. The predicted octanol–water partition coefficient (Wildman–Crippen LogP) is 4.81. The molecule has 174 valence electrons. The third-order valence-electron chi connectivity index (χ3n) is 4.92. The molecule has 0 aliphatic carbocycles. The van der Waals surface area contributed by atoms with Gasteiger partial charge in [0.15, 0.2) is 11.5 Å². The second kappa shape index (κ2) is 11.9. The van der Waals surface area contributed by atoms with Gasteiger partial charge in [0.1, 0.15) is 17.6 Å². The predicted molar refractivity (Wildman–Crippen MR) is 125 cm³/mol. The number of aryl methyl sites for hydroxylation is 1. The van der Waals surface area contributed by atoms with E-state index in [-0.39, 0.29) is 6.16 Å². The largest absolute Gasteiger partial charge is 0.494 e. The number of hydrogen-bond donors (Lipinski definition) is 1. The summed E-state index contributed by atoms with van der Waals surface area (Å²) in [4.78, 5) is 12.5. The highest BCUT2D eigenvalue weighted by Gasteiger charge is 2.24. The number of nitrogens with two attached hydrogens (primary N) is 1. The Labute approximate surface area is 188 Å². The van der Waals surface area contributed by atoms with E-state index in [0.29, 0.717) is 31.2 Å². The summed E-state index contributed by atoms with van der Waals surface area (Å²) in [6.45, 7) is 5.81. The van der Waals surface area contributed by atoms with E-state index in [1.54, 1.807) is 6.33 Å². The minimum absolute atomic E-state index is 0.241. The van der Waals surface area contributed by atoms with Crippen molar-refractivity contribution in [2.75, 3.05) is 25.6 Å². The molecule has 0 fully saturated rings. The maximum absolute atomic E-state index is 12.7. The first-order chi connectivity index (χ1) is 15.5. The molecule has 0 spiro atoms. The summed E-state index contributed by atoms with van der Waals surface area (Å²) in [5.41, 5.74) is 8.14. The summed E-state index contributed by atoms with van der Waals surface area (Å²) in [7, 11) is -3.12. The minimum Gasteiger partial charge on any atom is -0.494 e. The average molecular weight is 462 g/mol. The molecule has 0 atom stereocenters. The van der Waals surface area contributed by atoms with Gasteiger partial charge in [0.25, 0.3) is 0 Å². The van der Waals surface area contributed by atoms with Gasteiger partial charge in [-0.25, -0.2) is 15.0 Å². The van der Waals surface area contributed by atoms with Gasteiger partial charge in [-0.3, -0.25) is 4.57 Å². The molecule has 0 saturated heterocycles. The number of unbranched alkanes of at least 4 members (excludes halogenated alkanes) is 3. The van der Waals surface area contributed by atoms with E-state index in [1.165, 1.54) is 6.33 Å². The molecule has 1 aromatic carbocycles. The van der Waals surface area contributed by atoms with Crippen molar-refractivity contribution in [1.29, 1.82) is 0 Å². The summed E-state index contributed by atoms with van der Waals surface area (Å²) in [6.07, 6.45) is 7.60. The van der Waals surface area contributed by atoms with Gasteiger partial charge in [0, 0.05) is 6.54 Å². The lowest BCUT2D eigenvalue weighted by atomic mass is 10.2. The first kappa shape index (κ1) is 24.2. The maximum Gasteiger partial charge on any atom is 0.335 e. The van der Waals surface area contributed by atoms with Crippen LogP contribution in [-0.2, 0) is 26.3 Å². The summed E-state index contributed by atoms with van der Waals surface area (Å²) in [5, 5.41) is 0. The summed E-state index contributed by atoms with van der Waals surface area (Å²) in [6, 6.07) is 7.63. The smallest absolute Gasteiger partial charge is 0.335 e. The lowest BCUT2D eigenvalue weighted by Gasteiger charge is -2.17. The maximum atomic E-state index is 12.7. The molecule has 3 aromatic rings. The molecule has 2 aromatic heterocycles. The van der Waals surface area contributed by atoms with Crippen molar-refractivity contribution in [3.8, 4) is 5.75 Å². The van der Waals surface area contributed by atoms with Gasteiger partial charge in [0.05, 0.1) is 32.3 Å². The van der Waals surface area contributed by atoms with E-state index in [2.05, 4.69) is 15.0 Å². The minimum atomic E-state index is -3.12. The fourth-order valence-electron chi connectivity index (χ4n) is 3.47. The first-order valence-electron chi connectivity index (χ1n) is 11.1. The lowest BCUT2D eigenvalue weighted by molar-refractivity contribution is 0.219. The van der Waals surface area contributed by atoms with Crippen LogP contribution in [0.3, 0.4) is 0 Å². The number of nitrogen functional groups attached to an aromatic ring is 1. The van der Waals surface area contributed by atoms with Gasteiger partial charge in [-0.15, -0.1) is 0 Å². The Balaban J connectivity index is 1.38. The van der Waals surface area contributed by atoms with Crippen LogP contribution in [0.25, 0.3) is 11.2 Å². The lowest BCUT2D eigenvalue weighted by Crippen LogP contribution is -2.01. The Morgan fingerprint density at radius 2 is 1.81 bits per heavy atom. The van der Waals surface area contributed by atoms with Crippen molar-refractivity contribution in [3.05, 3.63) is 42.5 Å². The van der Waals surface area contributed by atoms with Crippen LogP contribution < -0.4 is 10.5 Å². The third kappa shape index (κ3) is 6.76. The molecule has 0 bridgehead atoms. The van der Waals surface area contributed by atoms with Crippen LogP contribution in [-0.4, -0.2) is 39.3 Å². The summed E-state index contributed by atoms with van der Waals surface area (Å²) < 4.78 is 31.4. The van der Waals surface area contributed by atoms with Crippen molar-refractivity contribution in [3.63, 3.8) is 0 Å². The first-order valence-corrected chi connectivity index (χ1v) is 12.8. The molecule has 0 aliphatic rings. The number of fused-ring (bicyclic) bond motifs is 1. The van der Waals surface area contributed by atoms with Crippen LogP contribution >= 0.6 is 7.60 Å². The van der Waals surface area contributed by atoms with E-state index >= 15 is 0 Å². The number of nitrogens with zero attached hydrogens (tertiary/aromatic N) is 4. The fraction of sp³-hybridized carbons (Fsp3) is 0.500. The molecule has 2 heterocycles. The quantitative estimate of drug-likeness (QED) is 0.269. The molecule has 9 nitrogen and oxygen atoms in total. The topological polar surface area (TPSA) is 114 Å². The Morgan fingerprint density at radius 1 is 1.03 bits per heavy atom. The third-order valence-corrected chi connectivity index (χ3v) is 6.97. The molecular weight excluding hydrogens is 429 g/mol. The molecule has 0 amide bonds. The zero-order valence-corrected chi connectivity index (χ0v) is 19.7. The van der Waals surface area contributed by atoms with Gasteiger partial charge in [-0.1, -0.05) is 25.0 Å². The molecule has 0 radical (unpaired) electrons. The van der Waals surface area contributed by atoms with Crippen molar-refractivity contribution in [2.24, 2.45) is 0 Å². The number of benzene rings is 1. The van der Waals surface area contributed by atoms with Crippen molar-refractivity contribution >= 4 is 24.6 Å². The van der Waals surface area contributed by atoms with Crippen LogP contribution in [0.15, 0.2) is 36.9 Å². The highest BCUT2D eigenvalue weighted by atomic mass is 31.2. The second-order valence-electron chi connectivity index (χ2n) is 7.38. The molecule has 2 N–H and O–H groups in total. The Morgan fingerprint density at radius 3 is 2.59 bits per heavy atom. The van der Waals surface area contributed by atoms with Gasteiger partial charge in [-0.2, -0.15) is 0 Å². The standard InChI is InChI=1S/C22H32N5O4P/c1-3-30-32(28,31-4-2)15-18-10-9-11-19(14-18)29-13-8-6-5-7-12-27-17-26-20-21(23)24-16-25-22(20)27/h9-11,14,16-17H,3-8,12-13,15H2,1-2H3,(H2,23,24,25). The van der Waals surface area contributed by atoms with Gasteiger partial charge >= 0.3 is 7.60 Å². The zero-order chi connectivity index (χ0) is 22.8. The van der Waals surface area contributed by atoms with Crippen LogP contribution in [0.4, 0.5) is 5.82 Å². The van der Waals surface area contributed by atoms with Crippen molar-refractivity contribution in [1.82, 2.24) is 19.5 Å². The van der Waals surface area contributed by atoms with E-state index in [0.717, 1.165) is 49.2 Å². The van der Waals surface area contributed by atoms with Gasteiger partial charge < -0.3 is 24.1 Å². The zero-order valence-electron chi connectivity index (χ0n) is 18.8. The molecule has 0 unspecified atom stereocenters. The highest BCUT2D eigenvalue weighted by molar-refractivity contribution is 7.53. The van der Waals surface area contributed by atoms with Crippen molar-refractivity contribution < 1.29 is 18.3 Å². The normalized spacial score (nSPS) is 11.8. The molecule has 32 heavy (non-hydrogen) atoms.